The zero-order chi connectivity index (χ0) is 26.4. The Balaban J connectivity index is 1.39. The molecule has 1 aliphatic heterocycles. The van der Waals surface area contributed by atoms with Gasteiger partial charge < -0.3 is 29.7 Å². The minimum Gasteiger partial charge on any atom is -0.491 e. The SMILES string of the molecule is COCCOc1cc(F)c2c(Nc3ccc(NC(=O)CC(=O)N4CCOCC4(C)C)cc3)ncnc2c1. The number of rotatable bonds is 9. The third-order valence-corrected chi connectivity index (χ3v) is 5.91. The molecule has 2 aromatic carbocycles. The van der Waals surface area contributed by atoms with Crippen LogP contribution in [-0.4, -0.2) is 72.3 Å². The van der Waals surface area contributed by atoms with Gasteiger partial charge in [0.05, 0.1) is 36.3 Å². The third-order valence-electron chi connectivity index (χ3n) is 5.91. The molecule has 1 aromatic heterocycles. The van der Waals surface area contributed by atoms with Gasteiger partial charge in [-0.1, -0.05) is 0 Å². The minimum absolute atomic E-state index is 0.225. The molecule has 0 bridgehead atoms. The third kappa shape index (κ3) is 6.49. The number of aromatic nitrogens is 2. The largest absolute Gasteiger partial charge is 0.491 e. The number of hydrogen-bond acceptors (Lipinski definition) is 8. The van der Waals surface area contributed by atoms with Crippen molar-refractivity contribution in [3.8, 4) is 5.75 Å². The van der Waals surface area contributed by atoms with Gasteiger partial charge >= 0.3 is 0 Å². The van der Waals surface area contributed by atoms with Crippen LogP contribution in [-0.2, 0) is 19.1 Å². The smallest absolute Gasteiger partial charge is 0.233 e. The number of hydrogen-bond donors (Lipinski definition) is 2. The first kappa shape index (κ1) is 26.2. The molecule has 0 aliphatic carbocycles. The fourth-order valence-corrected chi connectivity index (χ4v) is 4.07. The normalized spacial score (nSPS) is 14.9. The highest BCUT2D eigenvalue weighted by molar-refractivity contribution is 6.03. The predicted molar refractivity (Wildman–Crippen MR) is 136 cm³/mol. The molecule has 196 valence electrons. The molecule has 4 rings (SSSR count). The van der Waals surface area contributed by atoms with Crippen molar-refractivity contribution in [3.63, 3.8) is 0 Å². The second kappa shape index (κ2) is 11.5. The highest BCUT2D eigenvalue weighted by Gasteiger charge is 2.34. The van der Waals surface area contributed by atoms with Gasteiger partial charge in [0, 0.05) is 37.2 Å². The summed E-state index contributed by atoms with van der Waals surface area (Å²) in [7, 11) is 1.56. The lowest BCUT2D eigenvalue weighted by Gasteiger charge is -2.42. The zero-order valence-electron chi connectivity index (χ0n) is 21.0. The van der Waals surface area contributed by atoms with Gasteiger partial charge in [-0.15, -0.1) is 0 Å². The molecule has 0 spiro atoms. The molecule has 0 radical (unpaired) electrons. The van der Waals surface area contributed by atoms with Crippen LogP contribution < -0.4 is 15.4 Å². The average molecular weight is 512 g/mol. The van der Waals surface area contributed by atoms with E-state index in [1.807, 2.05) is 13.8 Å². The zero-order valence-corrected chi connectivity index (χ0v) is 21.0. The lowest BCUT2D eigenvalue weighted by atomic mass is 10.0. The standard InChI is InChI=1S/C26H30FN5O5/c1-26(2)15-36-9-8-32(26)23(34)14-22(33)30-17-4-6-18(7-5-17)31-25-24-20(27)12-19(37-11-10-35-3)13-21(24)28-16-29-25/h4-7,12-13,16H,8-11,14-15H2,1-3H3,(H,30,33)(H,28,29,31). The molecule has 11 heteroatoms. The summed E-state index contributed by atoms with van der Waals surface area (Å²) in [5.74, 6) is -0.525. The van der Waals surface area contributed by atoms with E-state index in [0.29, 0.717) is 61.4 Å². The van der Waals surface area contributed by atoms with E-state index in [1.165, 1.54) is 12.4 Å². The van der Waals surface area contributed by atoms with Gasteiger partial charge in [-0.3, -0.25) is 9.59 Å². The number of nitrogens with one attached hydrogen (secondary N) is 2. The molecule has 1 saturated heterocycles. The number of carbonyl (C=O) groups excluding carboxylic acids is 2. The Morgan fingerprint density at radius 2 is 1.89 bits per heavy atom. The Bertz CT molecular complexity index is 1270. The molecule has 3 aromatic rings. The molecule has 37 heavy (non-hydrogen) atoms. The van der Waals surface area contributed by atoms with Crippen molar-refractivity contribution in [1.29, 1.82) is 0 Å². The number of benzene rings is 2. The van der Waals surface area contributed by atoms with Gasteiger partial charge in [0.15, 0.2) is 0 Å². The number of halogens is 1. The fourth-order valence-electron chi connectivity index (χ4n) is 4.07. The van der Waals surface area contributed by atoms with Crippen LogP contribution in [0, 0.1) is 5.82 Å². The number of carbonyl (C=O) groups is 2. The van der Waals surface area contributed by atoms with E-state index in [1.54, 1.807) is 42.3 Å². The van der Waals surface area contributed by atoms with Gasteiger partial charge in [-0.2, -0.15) is 0 Å². The van der Waals surface area contributed by atoms with E-state index >= 15 is 0 Å². The van der Waals surface area contributed by atoms with E-state index in [2.05, 4.69) is 20.6 Å². The summed E-state index contributed by atoms with van der Waals surface area (Å²) >= 11 is 0. The topological polar surface area (TPSA) is 115 Å². The molecule has 0 saturated carbocycles. The van der Waals surface area contributed by atoms with Crippen molar-refractivity contribution in [2.45, 2.75) is 25.8 Å². The molecule has 0 atom stereocenters. The molecule has 2 heterocycles. The Hall–Kier alpha value is -3.83. The van der Waals surface area contributed by atoms with Crippen LogP contribution in [0.25, 0.3) is 10.9 Å². The first-order chi connectivity index (χ1) is 17.8. The van der Waals surface area contributed by atoms with E-state index < -0.39 is 17.3 Å². The van der Waals surface area contributed by atoms with E-state index in [9.17, 15) is 14.0 Å². The van der Waals surface area contributed by atoms with Crippen LogP contribution in [0.2, 0.25) is 0 Å². The van der Waals surface area contributed by atoms with Gasteiger partial charge in [0.1, 0.15) is 36.7 Å². The first-order valence-corrected chi connectivity index (χ1v) is 11.9. The van der Waals surface area contributed by atoms with Crippen molar-refractivity contribution in [2.75, 3.05) is 50.7 Å². The second-order valence-corrected chi connectivity index (χ2v) is 9.20. The summed E-state index contributed by atoms with van der Waals surface area (Å²) in [6, 6.07) is 9.73. The lowest BCUT2D eigenvalue weighted by Crippen LogP contribution is -2.56. The van der Waals surface area contributed by atoms with Gasteiger partial charge in [-0.25, -0.2) is 14.4 Å². The number of methoxy groups -OCH3 is 1. The second-order valence-electron chi connectivity index (χ2n) is 9.20. The summed E-state index contributed by atoms with van der Waals surface area (Å²) < 4.78 is 30.8. The molecule has 1 aliphatic rings. The summed E-state index contributed by atoms with van der Waals surface area (Å²) in [5, 5.41) is 6.05. The Morgan fingerprint density at radius 3 is 2.62 bits per heavy atom. The minimum atomic E-state index is -0.523. The molecular weight excluding hydrogens is 481 g/mol. The summed E-state index contributed by atoms with van der Waals surface area (Å²) in [6.45, 7) is 5.85. The Kier molecular flexibility index (Phi) is 8.14. The highest BCUT2D eigenvalue weighted by atomic mass is 19.1. The Morgan fingerprint density at radius 1 is 1.14 bits per heavy atom. The quantitative estimate of drug-likeness (QED) is 0.331. The molecular formula is C26H30FN5O5. The summed E-state index contributed by atoms with van der Waals surface area (Å²) in [5.41, 5.74) is 1.10. The van der Waals surface area contributed by atoms with Crippen LogP contribution in [0.5, 0.6) is 5.75 Å². The van der Waals surface area contributed by atoms with Crippen LogP contribution in [0.3, 0.4) is 0 Å². The number of fused-ring (bicyclic) bond motifs is 1. The molecule has 1 fully saturated rings. The number of ether oxygens (including phenoxy) is 3. The predicted octanol–water partition coefficient (Wildman–Crippen LogP) is 3.50. The van der Waals surface area contributed by atoms with Gasteiger partial charge in [-0.05, 0) is 38.1 Å². The fraction of sp³-hybridized carbons (Fsp3) is 0.385. The maximum atomic E-state index is 14.9. The molecule has 2 N–H and O–H groups in total. The highest BCUT2D eigenvalue weighted by Crippen LogP contribution is 2.29. The maximum absolute atomic E-state index is 14.9. The monoisotopic (exact) mass is 511 g/mol. The average Bonchev–Trinajstić information content (AvgIpc) is 2.85. The number of anilines is 3. The van der Waals surface area contributed by atoms with Crippen LogP contribution in [0.4, 0.5) is 21.6 Å². The number of nitrogens with zero attached hydrogens (tertiary/aromatic N) is 3. The Labute approximate surface area is 214 Å². The van der Waals surface area contributed by atoms with Crippen LogP contribution in [0.1, 0.15) is 20.3 Å². The van der Waals surface area contributed by atoms with E-state index in [-0.39, 0.29) is 17.7 Å². The van der Waals surface area contributed by atoms with Crippen molar-refractivity contribution in [3.05, 3.63) is 48.5 Å². The summed E-state index contributed by atoms with van der Waals surface area (Å²) in [4.78, 5) is 35.1. The molecule has 0 unspecified atom stereocenters. The lowest BCUT2D eigenvalue weighted by molar-refractivity contribution is -0.147. The molecule has 2 amide bonds. The van der Waals surface area contributed by atoms with E-state index in [0.717, 1.165) is 0 Å². The van der Waals surface area contributed by atoms with E-state index in [4.69, 9.17) is 14.2 Å². The van der Waals surface area contributed by atoms with Crippen molar-refractivity contribution >= 4 is 39.9 Å². The number of amides is 2. The van der Waals surface area contributed by atoms with Crippen molar-refractivity contribution < 1.29 is 28.2 Å². The van der Waals surface area contributed by atoms with Crippen molar-refractivity contribution in [1.82, 2.24) is 14.9 Å². The summed E-state index contributed by atoms with van der Waals surface area (Å²) in [6.07, 6.45) is 1.08. The van der Waals surface area contributed by atoms with Crippen molar-refractivity contribution in [2.24, 2.45) is 0 Å². The van der Waals surface area contributed by atoms with Gasteiger partial charge in [0.2, 0.25) is 11.8 Å². The number of morpholine rings is 1. The van der Waals surface area contributed by atoms with Crippen LogP contribution >= 0.6 is 0 Å². The van der Waals surface area contributed by atoms with Gasteiger partial charge in [0.25, 0.3) is 0 Å². The van der Waals surface area contributed by atoms with Crippen LogP contribution in [0.15, 0.2) is 42.7 Å². The maximum Gasteiger partial charge on any atom is 0.233 e. The first-order valence-electron chi connectivity index (χ1n) is 11.9. The molecule has 10 nitrogen and oxygen atoms in total.